The second-order valence-electron chi connectivity index (χ2n) is 6.77. The van der Waals surface area contributed by atoms with E-state index in [4.69, 9.17) is 0 Å². The third-order valence-corrected chi connectivity index (χ3v) is 26.6. The minimum absolute atomic E-state index is 0.997. The summed E-state index contributed by atoms with van der Waals surface area (Å²) in [5.41, 5.74) is 0. The van der Waals surface area contributed by atoms with Crippen LogP contribution in [0.5, 0.6) is 0 Å². The summed E-state index contributed by atoms with van der Waals surface area (Å²) in [5, 5.41) is 0. The summed E-state index contributed by atoms with van der Waals surface area (Å²) >= 11 is 0. The van der Waals surface area contributed by atoms with Gasteiger partial charge in [0.2, 0.25) is 0 Å². The molecule has 0 amide bonds. The van der Waals surface area contributed by atoms with Gasteiger partial charge in [0.1, 0.15) is 0 Å². The molecule has 0 aliphatic heterocycles. The Bertz CT molecular complexity index is 221. The third-order valence-electron chi connectivity index (χ3n) is 2.85. The van der Waals surface area contributed by atoms with Crippen LogP contribution in [-0.4, -0.2) is 45.2 Å². The second kappa shape index (κ2) is 8.02. The van der Waals surface area contributed by atoms with Gasteiger partial charge in [0, 0.05) is 0 Å². The molecule has 2 unspecified atom stereocenters. The first-order chi connectivity index (χ1) is 7.97. The molecular formula is C11H32O2P2Si3. The van der Waals surface area contributed by atoms with Crippen LogP contribution in [0.4, 0.5) is 0 Å². The normalized spacial score (nSPS) is 18.0. The van der Waals surface area contributed by atoms with Crippen molar-refractivity contribution in [2.45, 2.75) is 58.5 Å². The van der Waals surface area contributed by atoms with Crippen LogP contribution in [0.2, 0.25) is 38.8 Å². The molecule has 0 saturated carbocycles. The molecule has 2 atom stereocenters. The van der Waals surface area contributed by atoms with Crippen LogP contribution in [-0.2, 0) is 0 Å². The monoisotopic (exact) mass is 342 g/mol. The lowest BCUT2D eigenvalue weighted by atomic mass is 10.4. The first-order valence-electron chi connectivity index (χ1n) is 6.92. The Balaban J connectivity index is 4.42. The van der Waals surface area contributed by atoms with E-state index in [0.717, 1.165) is 27.8 Å². The lowest BCUT2D eigenvalue weighted by molar-refractivity contribution is 0.558. The highest BCUT2D eigenvalue weighted by Gasteiger charge is 2.32. The van der Waals surface area contributed by atoms with E-state index in [1.807, 2.05) is 0 Å². The summed E-state index contributed by atoms with van der Waals surface area (Å²) in [6.07, 6.45) is 2.61. The van der Waals surface area contributed by atoms with Crippen molar-refractivity contribution in [2.24, 2.45) is 0 Å². The lowest BCUT2D eigenvalue weighted by Crippen LogP contribution is -2.35. The molecule has 2 N–H and O–H groups in total. The van der Waals surface area contributed by atoms with Crippen LogP contribution in [0.3, 0.4) is 0 Å². The summed E-state index contributed by atoms with van der Waals surface area (Å²) in [5.74, 6) is 2.17. The molecule has 0 rings (SSSR count). The van der Waals surface area contributed by atoms with Crippen molar-refractivity contribution in [3.63, 3.8) is 0 Å². The van der Waals surface area contributed by atoms with Gasteiger partial charge < -0.3 is 9.59 Å². The largest absolute Gasteiger partial charge is 0.432 e. The Kier molecular flexibility index (Phi) is 8.65. The van der Waals surface area contributed by atoms with E-state index in [9.17, 15) is 9.59 Å². The van der Waals surface area contributed by atoms with Crippen molar-refractivity contribution < 1.29 is 9.59 Å². The fourth-order valence-corrected chi connectivity index (χ4v) is 32.9. The van der Waals surface area contributed by atoms with Gasteiger partial charge in [-0.1, -0.05) is 32.4 Å². The molecule has 0 aliphatic rings. The van der Waals surface area contributed by atoms with E-state index in [1.165, 1.54) is 18.9 Å². The zero-order chi connectivity index (χ0) is 14.4. The Labute approximate surface area is 120 Å². The Morgan fingerprint density at radius 3 is 1.50 bits per heavy atom. The maximum atomic E-state index is 10.1. The van der Waals surface area contributed by atoms with Gasteiger partial charge in [0.25, 0.3) is 0 Å². The van der Waals surface area contributed by atoms with E-state index in [0.29, 0.717) is 0 Å². The first kappa shape index (κ1) is 19.4. The Hall–Kier alpha value is 1.43. The van der Waals surface area contributed by atoms with Crippen LogP contribution in [0.1, 0.15) is 19.8 Å². The smallest absolute Gasteiger partial charge is 0.186 e. The molecule has 0 saturated heterocycles. The van der Waals surface area contributed by atoms with Crippen LogP contribution < -0.4 is 0 Å². The van der Waals surface area contributed by atoms with Crippen LogP contribution in [0.25, 0.3) is 0 Å². The molecule has 0 aliphatic carbocycles. The molecule has 0 aromatic rings. The molecule has 110 valence electrons. The Morgan fingerprint density at radius 2 is 1.22 bits per heavy atom. The van der Waals surface area contributed by atoms with Gasteiger partial charge in [-0.3, -0.25) is 0 Å². The van der Waals surface area contributed by atoms with Crippen molar-refractivity contribution in [1.29, 1.82) is 0 Å². The summed E-state index contributed by atoms with van der Waals surface area (Å²) in [6, 6.07) is 1.40. The highest BCUT2D eigenvalue weighted by Crippen LogP contribution is 2.47. The van der Waals surface area contributed by atoms with Gasteiger partial charge in [-0.2, -0.15) is 0 Å². The molecule has 0 radical (unpaired) electrons. The molecule has 7 heteroatoms. The summed E-state index contributed by atoms with van der Waals surface area (Å²) < 4.78 is 0. The highest BCUT2D eigenvalue weighted by molar-refractivity contribution is 8.13. The topological polar surface area (TPSA) is 40.5 Å². The minimum atomic E-state index is -1.88. The van der Waals surface area contributed by atoms with Crippen LogP contribution in [0.15, 0.2) is 0 Å². The second-order valence-corrected chi connectivity index (χ2v) is 31.0. The average Bonchev–Trinajstić information content (AvgIpc) is 2.19. The molecule has 0 aromatic heterocycles. The van der Waals surface area contributed by atoms with E-state index in [1.54, 1.807) is 0 Å². The van der Waals surface area contributed by atoms with Crippen molar-refractivity contribution in [1.82, 2.24) is 0 Å². The van der Waals surface area contributed by atoms with E-state index in [2.05, 4.69) is 39.7 Å². The van der Waals surface area contributed by atoms with Crippen molar-refractivity contribution in [3.8, 4) is 0 Å². The molecule has 0 spiro atoms. The fourth-order valence-electron chi connectivity index (χ4n) is 1.59. The van der Waals surface area contributed by atoms with Gasteiger partial charge in [-0.15, -0.1) is 16.3 Å². The highest BCUT2D eigenvalue weighted by atomic mass is 31.6. The zero-order valence-corrected chi connectivity index (χ0v) is 17.9. The van der Waals surface area contributed by atoms with Gasteiger partial charge in [0.15, 0.2) is 16.6 Å². The molecule has 0 aromatic carbocycles. The SMILES string of the molecule is CCCC[Si](C)(PC[Si](C)(C)O)PC[Si](C)(C)O. The number of hydrogen-bond donors (Lipinski definition) is 2. The fraction of sp³-hybridized carbons (Fsp3) is 1.00. The Morgan fingerprint density at radius 1 is 0.833 bits per heavy atom. The average molecular weight is 343 g/mol. The van der Waals surface area contributed by atoms with Crippen molar-refractivity contribution in [3.05, 3.63) is 0 Å². The van der Waals surface area contributed by atoms with E-state index >= 15 is 0 Å². The predicted molar refractivity (Wildman–Crippen MR) is 97.1 cm³/mol. The van der Waals surface area contributed by atoms with Crippen LogP contribution >= 0.6 is 16.3 Å². The maximum absolute atomic E-state index is 10.1. The lowest BCUT2D eigenvalue weighted by Gasteiger charge is -2.31. The standard InChI is InChI=1S/C11H32O2P2Si3/c1-7-8-9-18(6,14-10-16(2,3)12)15-11-17(4,5)13/h12-15H,7-11H2,1-6H3. The quantitative estimate of drug-likeness (QED) is 0.495. The molecule has 18 heavy (non-hydrogen) atoms. The van der Waals surface area contributed by atoms with Crippen molar-refractivity contribution in [2.75, 3.05) is 11.6 Å². The molecule has 0 bridgehead atoms. The zero-order valence-electron chi connectivity index (χ0n) is 12.9. The van der Waals surface area contributed by atoms with E-state index in [-0.39, 0.29) is 0 Å². The first-order valence-corrected chi connectivity index (χ1v) is 20.4. The number of rotatable bonds is 9. The van der Waals surface area contributed by atoms with Gasteiger partial charge in [0.05, 0.1) is 7.41 Å². The minimum Gasteiger partial charge on any atom is -0.432 e. The summed E-state index contributed by atoms with van der Waals surface area (Å²) in [7, 11) is -2.95. The predicted octanol–water partition coefficient (Wildman–Crippen LogP) is 3.69. The molecule has 0 heterocycles. The van der Waals surface area contributed by atoms with Crippen molar-refractivity contribution >= 4 is 40.3 Å². The van der Waals surface area contributed by atoms with Gasteiger partial charge in [-0.25, -0.2) is 0 Å². The van der Waals surface area contributed by atoms with E-state index < -0.39 is 24.0 Å². The molecule has 2 nitrogen and oxygen atoms in total. The van der Waals surface area contributed by atoms with Gasteiger partial charge in [-0.05, 0) is 37.8 Å². The van der Waals surface area contributed by atoms with Gasteiger partial charge >= 0.3 is 0 Å². The summed E-state index contributed by atoms with van der Waals surface area (Å²) in [6.45, 7) is 13.0. The molecular weight excluding hydrogens is 310 g/mol. The third kappa shape index (κ3) is 11.3. The number of unbranched alkanes of at least 4 members (excludes halogenated alkanes) is 1. The van der Waals surface area contributed by atoms with Crippen LogP contribution in [0, 0.1) is 0 Å². The summed E-state index contributed by atoms with van der Waals surface area (Å²) in [4.78, 5) is 20.1. The molecule has 0 fully saturated rings. The number of hydrogen-bond acceptors (Lipinski definition) is 2. The maximum Gasteiger partial charge on any atom is 0.186 e.